The Hall–Kier alpha value is 0.350. The van der Waals surface area contributed by atoms with E-state index in [0.29, 0.717) is 6.42 Å². The smallest absolute Gasteiger partial charge is 0.0533 e. The van der Waals surface area contributed by atoms with Crippen molar-refractivity contribution in [3.8, 4) is 0 Å². The lowest BCUT2D eigenvalue weighted by Crippen LogP contribution is -2.00. The maximum atomic E-state index is 8.39. The van der Waals surface area contributed by atoms with Gasteiger partial charge in [0.2, 0.25) is 0 Å². The maximum absolute atomic E-state index is 8.39. The zero-order valence-electron chi connectivity index (χ0n) is 4.59. The molecule has 0 saturated carbocycles. The summed E-state index contributed by atoms with van der Waals surface area (Å²) in [6, 6.07) is 0. The van der Waals surface area contributed by atoms with E-state index in [9.17, 15) is 0 Å². The van der Waals surface area contributed by atoms with Gasteiger partial charge in [0.05, 0.1) is 6.10 Å². The van der Waals surface area contributed by atoms with E-state index in [4.69, 9.17) is 10.2 Å². The topological polar surface area (TPSA) is 40.5 Å². The molecular weight excluding hydrogens is 111 g/mol. The molecule has 0 heterocycles. The summed E-state index contributed by atoms with van der Waals surface area (Å²) < 4.78 is 0. The Morgan fingerprint density at radius 2 is 2.00 bits per heavy atom. The molecule has 0 rings (SSSR count). The molecule has 0 spiro atoms. The predicted octanol–water partition coefficient (Wildman–Crippen LogP) is -0.192. The first kappa shape index (κ1) is 10.4. The highest BCUT2D eigenvalue weighted by atomic mass is 31.0. The van der Waals surface area contributed by atoms with Crippen LogP contribution in [0.25, 0.3) is 0 Å². The average molecular weight is 124 g/mol. The van der Waals surface area contributed by atoms with Crippen LogP contribution in [-0.4, -0.2) is 22.9 Å². The SMILES string of the molecule is CC(O)CCO.P. The molecular formula is C4H13O2P. The van der Waals surface area contributed by atoms with Crippen molar-refractivity contribution in [2.75, 3.05) is 6.61 Å². The molecule has 0 radical (unpaired) electrons. The number of aliphatic hydroxyl groups excluding tert-OH is 2. The van der Waals surface area contributed by atoms with Gasteiger partial charge in [-0.3, -0.25) is 0 Å². The van der Waals surface area contributed by atoms with Gasteiger partial charge in [-0.1, -0.05) is 0 Å². The van der Waals surface area contributed by atoms with E-state index in [0.717, 1.165) is 0 Å². The summed E-state index contributed by atoms with van der Waals surface area (Å²) in [4.78, 5) is 0. The van der Waals surface area contributed by atoms with Gasteiger partial charge in [0.25, 0.3) is 0 Å². The molecule has 0 aliphatic carbocycles. The molecule has 2 N–H and O–H groups in total. The summed E-state index contributed by atoms with van der Waals surface area (Å²) in [5, 5.41) is 16.5. The second kappa shape index (κ2) is 6.35. The Morgan fingerprint density at radius 1 is 1.57 bits per heavy atom. The highest BCUT2D eigenvalue weighted by Crippen LogP contribution is 1.83. The summed E-state index contributed by atoms with van der Waals surface area (Å²) in [5.41, 5.74) is 0. The van der Waals surface area contributed by atoms with Crippen LogP contribution in [0.3, 0.4) is 0 Å². The summed E-state index contributed by atoms with van der Waals surface area (Å²) in [5.74, 6) is 0. The minimum absolute atomic E-state index is 0. The third kappa shape index (κ3) is 10.7. The highest BCUT2D eigenvalue weighted by Gasteiger charge is 1.88. The van der Waals surface area contributed by atoms with E-state index in [1.54, 1.807) is 6.92 Å². The molecule has 2 atom stereocenters. The molecule has 0 aromatic carbocycles. The quantitative estimate of drug-likeness (QED) is 0.501. The van der Waals surface area contributed by atoms with Crippen molar-refractivity contribution >= 4 is 9.90 Å². The van der Waals surface area contributed by atoms with Gasteiger partial charge in [0.1, 0.15) is 0 Å². The monoisotopic (exact) mass is 124 g/mol. The molecule has 0 bridgehead atoms. The van der Waals surface area contributed by atoms with E-state index < -0.39 is 0 Å². The number of aliphatic hydroxyl groups is 2. The lowest BCUT2D eigenvalue weighted by Gasteiger charge is -1.95. The van der Waals surface area contributed by atoms with Gasteiger partial charge >= 0.3 is 0 Å². The summed E-state index contributed by atoms with van der Waals surface area (Å²) in [7, 11) is 0. The Morgan fingerprint density at radius 3 is 2.00 bits per heavy atom. The lowest BCUT2D eigenvalue weighted by molar-refractivity contribution is 0.148. The summed E-state index contributed by atoms with van der Waals surface area (Å²) in [6.07, 6.45) is 0.134. The zero-order valence-corrected chi connectivity index (χ0v) is 6.01. The fraction of sp³-hybridized carbons (Fsp3) is 1.00. The van der Waals surface area contributed by atoms with Crippen LogP contribution in [0.4, 0.5) is 0 Å². The van der Waals surface area contributed by atoms with E-state index in [2.05, 4.69) is 0 Å². The minimum atomic E-state index is -0.352. The first-order valence-electron chi connectivity index (χ1n) is 2.06. The van der Waals surface area contributed by atoms with Gasteiger partial charge in [-0.25, -0.2) is 0 Å². The van der Waals surface area contributed by atoms with E-state index in [1.807, 2.05) is 0 Å². The Kier molecular flexibility index (Phi) is 9.39. The van der Waals surface area contributed by atoms with Crippen molar-refractivity contribution in [2.24, 2.45) is 0 Å². The van der Waals surface area contributed by atoms with Gasteiger partial charge in [0.15, 0.2) is 0 Å². The standard InChI is InChI=1S/C4H10O2.H3P/c1-4(6)2-3-5;/h4-6H,2-3H2,1H3;1H3. The fourth-order valence-corrected chi connectivity index (χ4v) is 0.187. The molecule has 0 aromatic heterocycles. The van der Waals surface area contributed by atoms with Crippen molar-refractivity contribution < 1.29 is 10.2 Å². The minimum Gasteiger partial charge on any atom is -0.396 e. The van der Waals surface area contributed by atoms with Gasteiger partial charge in [-0.05, 0) is 13.3 Å². The van der Waals surface area contributed by atoms with Crippen LogP contribution in [0.1, 0.15) is 13.3 Å². The lowest BCUT2D eigenvalue weighted by atomic mass is 10.3. The van der Waals surface area contributed by atoms with E-state index in [-0.39, 0.29) is 22.6 Å². The van der Waals surface area contributed by atoms with Gasteiger partial charge in [-0.2, -0.15) is 9.90 Å². The Bertz CT molecular complexity index is 30.9. The Labute approximate surface area is 47.2 Å². The Balaban J connectivity index is 0. The highest BCUT2D eigenvalue weighted by molar-refractivity contribution is 6.92. The molecule has 2 nitrogen and oxygen atoms in total. The third-order valence-electron chi connectivity index (χ3n) is 0.547. The second-order valence-electron chi connectivity index (χ2n) is 1.36. The fourth-order valence-electron chi connectivity index (χ4n) is 0.187. The molecule has 7 heavy (non-hydrogen) atoms. The van der Waals surface area contributed by atoms with Crippen LogP contribution < -0.4 is 0 Å². The van der Waals surface area contributed by atoms with Gasteiger partial charge < -0.3 is 10.2 Å². The molecule has 0 fully saturated rings. The third-order valence-corrected chi connectivity index (χ3v) is 0.547. The maximum Gasteiger partial charge on any atom is 0.0533 e. The molecule has 0 amide bonds. The first-order valence-corrected chi connectivity index (χ1v) is 2.06. The molecule has 2 unspecified atom stereocenters. The van der Waals surface area contributed by atoms with Crippen LogP contribution in [-0.2, 0) is 0 Å². The van der Waals surface area contributed by atoms with E-state index in [1.165, 1.54) is 0 Å². The van der Waals surface area contributed by atoms with Gasteiger partial charge in [-0.15, -0.1) is 0 Å². The number of hydrogen-bond donors (Lipinski definition) is 2. The molecule has 0 aliphatic rings. The summed E-state index contributed by atoms with van der Waals surface area (Å²) >= 11 is 0. The van der Waals surface area contributed by atoms with Crippen LogP contribution in [0.15, 0.2) is 0 Å². The molecule has 0 saturated heterocycles. The van der Waals surface area contributed by atoms with Crippen LogP contribution in [0.2, 0.25) is 0 Å². The predicted molar refractivity (Wildman–Crippen MR) is 34.5 cm³/mol. The van der Waals surface area contributed by atoms with Gasteiger partial charge in [0, 0.05) is 6.61 Å². The molecule has 0 aliphatic heterocycles. The largest absolute Gasteiger partial charge is 0.396 e. The van der Waals surface area contributed by atoms with Crippen molar-refractivity contribution in [1.29, 1.82) is 0 Å². The number of hydrogen-bond acceptors (Lipinski definition) is 2. The second-order valence-corrected chi connectivity index (χ2v) is 1.36. The zero-order chi connectivity index (χ0) is 4.99. The van der Waals surface area contributed by atoms with Crippen LogP contribution in [0, 0.1) is 0 Å². The molecule has 0 aromatic rings. The normalized spacial score (nSPS) is 12.4. The summed E-state index contributed by atoms with van der Waals surface area (Å²) in [6.45, 7) is 1.73. The number of rotatable bonds is 2. The average Bonchev–Trinajstić information content (AvgIpc) is 1.35. The van der Waals surface area contributed by atoms with Crippen molar-refractivity contribution in [3.05, 3.63) is 0 Å². The van der Waals surface area contributed by atoms with Crippen LogP contribution in [0.5, 0.6) is 0 Å². The first-order chi connectivity index (χ1) is 2.77. The van der Waals surface area contributed by atoms with Crippen molar-refractivity contribution in [1.82, 2.24) is 0 Å². The van der Waals surface area contributed by atoms with Crippen molar-refractivity contribution in [2.45, 2.75) is 19.4 Å². The van der Waals surface area contributed by atoms with E-state index >= 15 is 0 Å². The van der Waals surface area contributed by atoms with Crippen molar-refractivity contribution in [3.63, 3.8) is 0 Å². The molecule has 3 heteroatoms. The van der Waals surface area contributed by atoms with Crippen LogP contribution >= 0.6 is 9.90 Å². The molecule has 46 valence electrons.